The van der Waals surface area contributed by atoms with Crippen LogP contribution in [-0.4, -0.2) is 34.0 Å². The van der Waals surface area contributed by atoms with Crippen molar-refractivity contribution in [3.8, 4) is 0 Å². The predicted molar refractivity (Wildman–Crippen MR) is 117 cm³/mol. The minimum absolute atomic E-state index is 0.0132. The molecule has 1 amide bonds. The molecule has 1 atom stereocenters. The van der Waals surface area contributed by atoms with Gasteiger partial charge in [-0.2, -0.15) is 0 Å². The van der Waals surface area contributed by atoms with Gasteiger partial charge in [0.25, 0.3) is 17.1 Å². The number of hydrogen-bond acceptors (Lipinski definition) is 5. The number of carbonyl (C=O) groups excluding carboxylic acids is 1. The topological polar surface area (TPSA) is 103 Å². The number of ether oxygens (including phenoxy) is 1. The first kappa shape index (κ1) is 19.9. The molecule has 0 spiro atoms. The SMILES string of the molecule is Cc1cccn2c(=O)c3cc(C(=O)NC4CCCC4)c(N)[n+](CC4CCCO4)c3nc12. The van der Waals surface area contributed by atoms with Gasteiger partial charge in [0.1, 0.15) is 10.9 Å². The van der Waals surface area contributed by atoms with Gasteiger partial charge in [0, 0.05) is 24.4 Å². The van der Waals surface area contributed by atoms with Crippen LogP contribution in [0.1, 0.15) is 54.4 Å². The Morgan fingerprint density at radius 1 is 1.32 bits per heavy atom. The van der Waals surface area contributed by atoms with Crippen LogP contribution in [0.15, 0.2) is 29.2 Å². The maximum absolute atomic E-state index is 13.4. The first-order valence-electron chi connectivity index (χ1n) is 11.1. The average Bonchev–Trinajstić information content (AvgIpc) is 3.45. The Kier molecular flexibility index (Phi) is 5.09. The average molecular weight is 423 g/mol. The van der Waals surface area contributed by atoms with Crippen LogP contribution in [0, 0.1) is 6.92 Å². The molecule has 1 aliphatic heterocycles. The maximum atomic E-state index is 13.4. The third kappa shape index (κ3) is 3.54. The quantitative estimate of drug-likeness (QED) is 0.494. The standard InChI is InChI=1S/C23H27N5O3/c1-14-6-4-10-27-20(14)26-21-18(23(27)30)12-17(22(29)25-15-7-2-3-8-15)19(24)28(21)13-16-9-5-11-31-16/h4,6,10,12,15-16,24H,2-3,5,7-9,11,13H2,1H3,(H,25,29)/p+1. The van der Waals surface area contributed by atoms with Crippen LogP contribution in [0.2, 0.25) is 0 Å². The Labute approximate surface area is 180 Å². The second kappa shape index (κ2) is 7.92. The molecule has 2 aliphatic rings. The molecule has 0 radical (unpaired) electrons. The van der Waals surface area contributed by atoms with Gasteiger partial charge < -0.3 is 15.8 Å². The van der Waals surface area contributed by atoms with Crippen LogP contribution in [-0.2, 0) is 11.3 Å². The van der Waals surface area contributed by atoms with Crippen LogP contribution in [0.3, 0.4) is 0 Å². The van der Waals surface area contributed by atoms with E-state index in [0.717, 1.165) is 44.1 Å². The lowest BCUT2D eigenvalue weighted by atomic mass is 10.1. The lowest BCUT2D eigenvalue weighted by Gasteiger charge is -2.16. The van der Waals surface area contributed by atoms with E-state index in [2.05, 4.69) is 5.32 Å². The summed E-state index contributed by atoms with van der Waals surface area (Å²) in [5.74, 6) is 0.0875. The molecular weight excluding hydrogens is 394 g/mol. The van der Waals surface area contributed by atoms with Crippen LogP contribution in [0.25, 0.3) is 16.7 Å². The fraction of sp³-hybridized carbons (Fsp3) is 0.478. The number of carbonyl (C=O) groups is 1. The molecule has 3 aromatic rings. The number of amides is 1. The fourth-order valence-electron chi connectivity index (χ4n) is 4.80. The van der Waals surface area contributed by atoms with Crippen molar-refractivity contribution in [1.82, 2.24) is 14.7 Å². The number of nitrogens with zero attached hydrogens (tertiary/aromatic N) is 3. The molecule has 1 saturated heterocycles. The number of nitrogen functional groups attached to an aromatic ring is 1. The van der Waals surface area contributed by atoms with Crippen LogP contribution in [0.4, 0.5) is 5.82 Å². The zero-order valence-electron chi connectivity index (χ0n) is 17.8. The molecule has 1 saturated carbocycles. The summed E-state index contributed by atoms with van der Waals surface area (Å²) in [6, 6.07) is 5.51. The summed E-state index contributed by atoms with van der Waals surface area (Å²) in [5, 5.41) is 3.48. The fourth-order valence-corrected chi connectivity index (χ4v) is 4.80. The highest BCUT2D eigenvalue weighted by atomic mass is 16.5. The van der Waals surface area contributed by atoms with Crippen molar-refractivity contribution in [3.63, 3.8) is 0 Å². The summed E-state index contributed by atoms with van der Waals surface area (Å²) >= 11 is 0. The molecular formula is C23H28N5O3+. The van der Waals surface area contributed by atoms with Crippen molar-refractivity contribution < 1.29 is 14.1 Å². The number of hydrogen-bond donors (Lipinski definition) is 2. The molecule has 4 heterocycles. The van der Waals surface area contributed by atoms with Gasteiger partial charge in [-0.3, -0.25) is 14.0 Å². The van der Waals surface area contributed by atoms with Gasteiger partial charge in [-0.1, -0.05) is 23.9 Å². The number of rotatable bonds is 4. The highest BCUT2D eigenvalue weighted by Crippen LogP contribution is 2.21. The highest BCUT2D eigenvalue weighted by Gasteiger charge is 2.29. The van der Waals surface area contributed by atoms with Crippen molar-refractivity contribution in [1.29, 1.82) is 0 Å². The molecule has 3 aromatic heterocycles. The molecule has 3 N–H and O–H groups in total. The van der Waals surface area contributed by atoms with Crippen molar-refractivity contribution in [2.24, 2.45) is 0 Å². The van der Waals surface area contributed by atoms with E-state index in [1.165, 1.54) is 4.40 Å². The normalized spacial score (nSPS) is 19.5. The molecule has 162 valence electrons. The van der Waals surface area contributed by atoms with Crippen molar-refractivity contribution in [3.05, 3.63) is 45.9 Å². The monoisotopic (exact) mass is 422 g/mol. The molecule has 1 unspecified atom stereocenters. The van der Waals surface area contributed by atoms with Gasteiger partial charge in [-0.15, -0.1) is 0 Å². The Bertz CT molecular complexity index is 1220. The molecule has 2 fully saturated rings. The maximum Gasteiger partial charge on any atom is 0.278 e. The van der Waals surface area contributed by atoms with E-state index in [-0.39, 0.29) is 23.6 Å². The van der Waals surface area contributed by atoms with Crippen LogP contribution in [0.5, 0.6) is 0 Å². The van der Waals surface area contributed by atoms with E-state index in [4.69, 9.17) is 15.5 Å². The van der Waals surface area contributed by atoms with Crippen molar-refractivity contribution in [2.75, 3.05) is 12.3 Å². The number of anilines is 1. The molecule has 1 aliphatic carbocycles. The second-order valence-corrected chi connectivity index (χ2v) is 8.68. The zero-order chi connectivity index (χ0) is 21.5. The number of fused-ring (bicyclic) bond motifs is 2. The van der Waals surface area contributed by atoms with Gasteiger partial charge >= 0.3 is 0 Å². The zero-order valence-corrected chi connectivity index (χ0v) is 17.8. The van der Waals surface area contributed by atoms with E-state index in [9.17, 15) is 9.59 Å². The van der Waals surface area contributed by atoms with Crippen molar-refractivity contribution >= 4 is 28.4 Å². The van der Waals surface area contributed by atoms with Crippen LogP contribution >= 0.6 is 0 Å². The summed E-state index contributed by atoms with van der Waals surface area (Å²) < 4.78 is 9.15. The number of nitrogens with two attached hydrogens (primary N) is 1. The van der Waals surface area contributed by atoms with E-state index in [1.54, 1.807) is 16.8 Å². The predicted octanol–water partition coefficient (Wildman–Crippen LogP) is 1.88. The Balaban J connectivity index is 1.71. The molecule has 0 bridgehead atoms. The molecule has 8 heteroatoms. The number of pyridine rings is 2. The summed E-state index contributed by atoms with van der Waals surface area (Å²) in [7, 11) is 0. The summed E-state index contributed by atoms with van der Waals surface area (Å²) in [4.78, 5) is 31.3. The Hall–Kier alpha value is -3.00. The van der Waals surface area contributed by atoms with E-state index in [1.807, 2.05) is 19.1 Å². The van der Waals surface area contributed by atoms with Gasteiger partial charge in [-0.05, 0) is 44.7 Å². The summed E-state index contributed by atoms with van der Waals surface area (Å²) in [6.07, 6.45) is 7.78. The molecule has 0 aromatic carbocycles. The summed E-state index contributed by atoms with van der Waals surface area (Å²) in [6.45, 7) is 3.09. The highest BCUT2D eigenvalue weighted by molar-refractivity contribution is 6.00. The minimum atomic E-state index is -0.235. The minimum Gasteiger partial charge on any atom is -0.375 e. The third-order valence-corrected chi connectivity index (χ3v) is 6.52. The smallest absolute Gasteiger partial charge is 0.278 e. The first-order chi connectivity index (χ1) is 15.0. The van der Waals surface area contributed by atoms with E-state index >= 15 is 0 Å². The van der Waals surface area contributed by atoms with Crippen molar-refractivity contribution in [2.45, 2.75) is 64.1 Å². The van der Waals surface area contributed by atoms with Gasteiger partial charge in [0.05, 0.1) is 12.6 Å². The molecule has 31 heavy (non-hydrogen) atoms. The van der Waals surface area contributed by atoms with Crippen LogP contribution < -0.4 is 21.2 Å². The molecule has 5 rings (SSSR count). The van der Waals surface area contributed by atoms with E-state index in [0.29, 0.717) is 41.2 Å². The number of nitrogens with one attached hydrogen (secondary N) is 1. The van der Waals surface area contributed by atoms with Gasteiger partial charge in [-0.25, -0.2) is 4.57 Å². The number of aromatic nitrogens is 3. The lowest BCUT2D eigenvalue weighted by Crippen LogP contribution is -2.46. The second-order valence-electron chi connectivity index (χ2n) is 8.68. The lowest BCUT2D eigenvalue weighted by molar-refractivity contribution is -0.666. The first-order valence-corrected chi connectivity index (χ1v) is 11.1. The number of aryl methyl sites for hydroxylation is 1. The Morgan fingerprint density at radius 3 is 2.87 bits per heavy atom. The third-order valence-electron chi connectivity index (χ3n) is 6.52. The van der Waals surface area contributed by atoms with E-state index < -0.39 is 0 Å². The van der Waals surface area contributed by atoms with Gasteiger partial charge in [0.15, 0.2) is 0 Å². The largest absolute Gasteiger partial charge is 0.375 e. The molecule has 8 nitrogen and oxygen atoms in total. The van der Waals surface area contributed by atoms with Gasteiger partial charge in [0.2, 0.25) is 11.5 Å². The summed E-state index contributed by atoms with van der Waals surface area (Å²) in [5.41, 5.74) is 8.62. The Morgan fingerprint density at radius 2 is 2.13 bits per heavy atom.